The highest BCUT2D eigenvalue weighted by Crippen LogP contribution is 2.33. The van der Waals surface area contributed by atoms with Crippen LogP contribution in [0.5, 0.6) is 0 Å². The van der Waals surface area contributed by atoms with E-state index in [1.54, 1.807) is 18.2 Å². The molecule has 18 heavy (non-hydrogen) atoms. The standard InChI is InChI=1S/C13H10BrClFNS/c14-11-3-1-9(16)5-8(11)7-18-13-6-10(17)2-4-12(13)15/h1-6H,7,17H2. The maximum Gasteiger partial charge on any atom is 0.123 e. The summed E-state index contributed by atoms with van der Waals surface area (Å²) >= 11 is 11.0. The van der Waals surface area contributed by atoms with Crippen LogP contribution in [0.4, 0.5) is 10.1 Å². The van der Waals surface area contributed by atoms with Crippen molar-refractivity contribution in [3.63, 3.8) is 0 Å². The van der Waals surface area contributed by atoms with Gasteiger partial charge in [-0.15, -0.1) is 11.8 Å². The van der Waals surface area contributed by atoms with Gasteiger partial charge in [-0.1, -0.05) is 27.5 Å². The third-order valence-electron chi connectivity index (χ3n) is 2.35. The smallest absolute Gasteiger partial charge is 0.123 e. The summed E-state index contributed by atoms with van der Waals surface area (Å²) in [5.41, 5.74) is 7.26. The van der Waals surface area contributed by atoms with Crippen LogP contribution >= 0.6 is 39.3 Å². The minimum absolute atomic E-state index is 0.243. The zero-order valence-corrected chi connectivity index (χ0v) is 12.4. The van der Waals surface area contributed by atoms with Crippen LogP contribution in [0.1, 0.15) is 5.56 Å². The van der Waals surface area contributed by atoms with E-state index in [0.717, 1.165) is 14.9 Å². The molecule has 0 aliphatic rings. The molecule has 0 amide bonds. The lowest BCUT2D eigenvalue weighted by Crippen LogP contribution is -1.88. The number of hydrogen-bond donors (Lipinski definition) is 1. The van der Waals surface area contributed by atoms with E-state index in [0.29, 0.717) is 16.5 Å². The zero-order chi connectivity index (χ0) is 13.1. The Morgan fingerprint density at radius 3 is 2.78 bits per heavy atom. The lowest BCUT2D eigenvalue weighted by Gasteiger charge is -2.07. The van der Waals surface area contributed by atoms with E-state index in [2.05, 4.69) is 15.9 Å². The van der Waals surface area contributed by atoms with Gasteiger partial charge in [-0.2, -0.15) is 0 Å². The summed E-state index contributed by atoms with van der Waals surface area (Å²) in [6, 6.07) is 9.97. The number of nitrogens with two attached hydrogens (primary N) is 1. The Morgan fingerprint density at radius 1 is 1.22 bits per heavy atom. The average molecular weight is 347 g/mol. The third-order valence-corrected chi connectivity index (χ3v) is 4.67. The van der Waals surface area contributed by atoms with Crippen molar-refractivity contribution in [1.29, 1.82) is 0 Å². The first-order valence-corrected chi connectivity index (χ1v) is 7.33. The van der Waals surface area contributed by atoms with Crippen molar-refractivity contribution in [3.8, 4) is 0 Å². The molecule has 0 spiro atoms. The Bertz CT molecular complexity index is 525. The van der Waals surface area contributed by atoms with Crippen molar-refractivity contribution in [2.45, 2.75) is 10.6 Å². The molecule has 0 atom stereocenters. The second kappa shape index (κ2) is 5.95. The minimum atomic E-state index is -0.243. The van der Waals surface area contributed by atoms with Crippen molar-refractivity contribution in [2.75, 3.05) is 5.73 Å². The van der Waals surface area contributed by atoms with Gasteiger partial charge in [0, 0.05) is 20.8 Å². The highest BCUT2D eigenvalue weighted by atomic mass is 79.9. The number of anilines is 1. The van der Waals surface area contributed by atoms with E-state index in [1.807, 2.05) is 6.07 Å². The van der Waals surface area contributed by atoms with Crippen molar-refractivity contribution < 1.29 is 4.39 Å². The first-order chi connectivity index (χ1) is 8.56. The second-order valence-electron chi connectivity index (χ2n) is 3.71. The van der Waals surface area contributed by atoms with E-state index < -0.39 is 0 Å². The van der Waals surface area contributed by atoms with E-state index in [4.69, 9.17) is 17.3 Å². The van der Waals surface area contributed by atoms with Gasteiger partial charge in [-0.3, -0.25) is 0 Å². The lowest BCUT2D eigenvalue weighted by atomic mass is 10.2. The number of nitrogen functional groups attached to an aromatic ring is 1. The Balaban J connectivity index is 2.16. The number of rotatable bonds is 3. The number of halogens is 3. The quantitative estimate of drug-likeness (QED) is 0.617. The number of hydrogen-bond acceptors (Lipinski definition) is 2. The first kappa shape index (κ1) is 13.7. The largest absolute Gasteiger partial charge is 0.399 e. The predicted octanol–water partition coefficient (Wildman–Crippen LogP) is 5.12. The van der Waals surface area contributed by atoms with Crippen LogP contribution in [0.2, 0.25) is 5.02 Å². The molecule has 0 saturated heterocycles. The van der Waals surface area contributed by atoms with E-state index in [1.165, 1.54) is 23.9 Å². The van der Waals surface area contributed by atoms with Crippen LogP contribution < -0.4 is 5.73 Å². The van der Waals surface area contributed by atoms with Gasteiger partial charge in [0.05, 0.1) is 5.02 Å². The molecule has 0 bridgehead atoms. The fourth-order valence-electron chi connectivity index (χ4n) is 1.44. The maximum absolute atomic E-state index is 13.1. The van der Waals surface area contributed by atoms with Gasteiger partial charge in [0.1, 0.15) is 5.82 Å². The fraction of sp³-hybridized carbons (Fsp3) is 0.0769. The van der Waals surface area contributed by atoms with Gasteiger partial charge >= 0.3 is 0 Å². The molecule has 0 heterocycles. The van der Waals surface area contributed by atoms with Crippen LogP contribution in [0, 0.1) is 5.82 Å². The molecule has 1 nitrogen and oxygen atoms in total. The molecule has 2 aromatic carbocycles. The van der Waals surface area contributed by atoms with Crippen molar-refractivity contribution in [1.82, 2.24) is 0 Å². The SMILES string of the molecule is Nc1ccc(Cl)c(SCc2cc(F)ccc2Br)c1. The molecule has 0 unspecified atom stereocenters. The van der Waals surface area contributed by atoms with Gasteiger partial charge in [-0.25, -0.2) is 4.39 Å². The van der Waals surface area contributed by atoms with Crippen molar-refractivity contribution in [2.24, 2.45) is 0 Å². The average Bonchev–Trinajstić information content (AvgIpc) is 2.34. The molecule has 5 heteroatoms. The number of thioether (sulfide) groups is 1. The topological polar surface area (TPSA) is 26.0 Å². The Hall–Kier alpha value is -0.710. The second-order valence-corrected chi connectivity index (χ2v) is 5.99. The minimum Gasteiger partial charge on any atom is -0.399 e. The van der Waals surface area contributed by atoms with E-state index in [9.17, 15) is 4.39 Å². The molecule has 0 aliphatic heterocycles. The van der Waals surface area contributed by atoms with Crippen LogP contribution in [0.15, 0.2) is 45.8 Å². The molecule has 2 rings (SSSR count). The summed E-state index contributed by atoms with van der Waals surface area (Å²) in [4.78, 5) is 0.896. The fourth-order valence-corrected chi connectivity index (χ4v) is 3.27. The normalized spacial score (nSPS) is 10.6. The monoisotopic (exact) mass is 345 g/mol. The van der Waals surface area contributed by atoms with Crippen LogP contribution in [0.25, 0.3) is 0 Å². The van der Waals surface area contributed by atoms with E-state index >= 15 is 0 Å². The van der Waals surface area contributed by atoms with Crippen LogP contribution in [-0.4, -0.2) is 0 Å². The molecule has 2 aromatic rings. The zero-order valence-electron chi connectivity index (χ0n) is 9.29. The Kier molecular flexibility index (Phi) is 4.54. The molecule has 0 fully saturated rings. The summed E-state index contributed by atoms with van der Waals surface area (Å²) in [5.74, 6) is 0.383. The molecule has 2 N–H and O–H groups in total. The predicted molar refractivity (Wildman–Crippen MR) is 79.5 cm³/mol. The highest BCUT2D eigenvalue weighted by Gasteiger charge is 2.06. The van der Waals surface area contributed by atoms with Crippen molar-refractivity contribution >= 4 is 45.0 Å². The summed E-state index contributed by atoms with van der Waals surface area (Å²) in [6.45, 7) is 0. The van der Waals surface area contributed by atoms with E-state index in [-0.39, 0.29) is 5.82 Å². The van der Waals surface area contributed by atoms with Gasteiger partial charge in [0.2, 0.25) is 0 Å². The summed E-state index contributed by atoms with van der Waals surface area (Å²) in [5, 5.41) is 0.654. The van der Waals surface area contributed by atoms with Crippen LogP contribution in [0.3, 0.4) is 0 Å². The lowest BCUT2D eigenvalue weighted by molar-refractivity contribution is 0.626. The van der Waals surface area contributed by atoms with Gasteiger partial charge < -0.3 is 5.73 Å². The first-order valence-electron chi connectivity index (χ1n) is 5.18. The molecule has 0 aromatic heterocycles. The molecule has 0 radical (unpaired) electrons. The molecular weight excluding hydrogens is 337 g/mol. The molecule has 94 valence electrons. The molecule has 0 saturated carbocycles. The maximum atomic E-state index is 13.1. The molecular formula is C13H10BrClFNS. The molecule has 0 aliphatic carbocycles. The summed E-state index contributed by atoms with van der Waals surface area (Å²) in [6.07, 6.45) is 0. The van der Waals surface area contributed by atoms with Crippen LogP contribution in [-0.2, 0) is 5.75 Å². The Labute approximate surface area is 123 Å². The van der Waals surface area contributed by atoms with Crippen molar-refractivity contribution in [3.05, 3.63) is 57.3 Å². The summed E-state index contributed by atoms with van der Waals surface area (Å²) < 4.78 is 14.0. The summed E-state index contributed by atoms with van der Waals surface area (Å²) in [7, 11) is 0. The van der Waals surface area contributed by atoms with Gasteiger partial charge in [0.15, 0.2) is 0 Å². The van der Waals surface area contributed by atoms with Gasteiger partial charge in [0.25, 0.3) is 0 Å². The highest BCUT2D eigenvalue weighted by molar-refractivity contribution is 9.10. The third kappa shape index (κ3) is 3.40. The Morgan fingerprint density at radius 2 is 2.00 bits per heavy atom. The van der Waals surface area contributed by atoms with Gasteiger partial charge in [-0.05, 0) is 42.0 Å². The number of benzene rings is 2.